The second-order valence-corrected chi connectivity index (χ2v) is 9.36. The maximum atomic E-state index is 12.6. The van der Waals surface area contributed by atoms with Crippen molar-refractivity contribution in [3.63, 3.8) is 0 Å². The predicted octanol–water partition coefficient (Wildman–Crippen LogP) is 2.16. The predicted molar refractivity (Wildman–Crippen MR) is 129 cm³/mol. The van der Waals surface area contributed by atoms with Gasteiger partial charge in [-0.3, -0.25) is 4.99 Å². The fourth-order valence-electron chi connectivity index (χ4n) is 3.31. The molecule has 1 unspecified atom stereocenters. The van der Waals surface area contributed by atoms with E-state index >= 15 is 0 Å². The van der Waals surface area contributed by atoms with Gasteiger partial charge in [0.05, 0.1) is 11.8 Å². The fourth-order valence-corrected chi connectivity index (χ4v) is 4.74. The third-order valence-corrected chi connectivity index (χ3v) is 6.70. The van der Waals surface area contributed by atoms with Gasteiger partial charge in [0.1, 0.15) is 12.0 Å². The summed E-state index contributed by atoms with van der Waals surface area (Å²) in [5.41, 5.74) is 0.427. The minimum absolute atomic E-state index is 0. The van der Waals surface area contributed by atoms with E-state index in [0.29, 0.717) is 50.9 Å². The summed E-state index contributed by atoms with van der Waals surface area (Å²) >= 11 is 0. The number of nitrogens with zero attached hydrogens (tertiary/aromatic N) is 4. The number of rotatable bonds is 10. The topological polar surface area (TPSA) is 100 Å². The lowest BCUT2D eigenvalue weighted by Gasteiger charge is -2.35. The van der Waals surface area contributed by atoms with E-state index in [1.807, 2.05) is 13.8 Å². The molecule has 30 heavy (non-hydrogen) atoms. The largest absolute Gasteiger partial charge is 0.378 e. The molecule has 0 aromatic carbocycles. The Morgan fingerprint density at radius 1 is 1.30 bits per heavy atom. The van der Waals surface area contributed by atoms with Crippen molar-refractivity contribution in [1.29, 1.82) is 0 Å². The van der Waals surface area contributed by atoms with E-state index in [1.54, 1.807) is 6.07 Å². The highest BCUT2D eigenvalue weighted by Crippen LogP contribution is 2.14. The lowest BCUT2D eigenvalue weighted by Crippen LogP contribution is -2.54. The molecule has 2 rings (SSSR count). The average molecular weight is 557 g/mol. The van der Waals surface area contributed by atoms with Gasteiger partial charge in [0.15, 0.2) is 5.96 Å². The lowest BCUT2D eigenvalue weighted by molar-refractivity contribution is 0.0266. The van der Waals surface area contributed by atoms with Crippen LogP contribution in [0.4, 0.5) is 0 Å². The third kappa shape index (κ3) is 8.31. The Bertz CT molecular complexity index is 719. The van der Waals surface area contributed by atoms with E-state index in [-0.39, 0.29) is 35.8 Å². The van der Waals surface area contributed by atoms with Gasteiger partial charge in [0, 0.05) is 51.9 Å². The van der Waals surface area contributed by atoms with E-state index in [4.69, 9.17) is 14.3 Å². The third-order valence-electron chi connectivity index (χ3n) is 4.89. The molecule has 9 nitrogen and oxygen atoms in total. The number of piperazine rings is 1. The molecule has 0 spiro atoms. The Balaban J connectivity index is 0.00000450. The van der Waals surface area contributed by atoms with Crippen LogP contribution in [-0.4, -0.2) is 80.7 Å². The van der Waals surface area contributed by atoms with E-state index in [1.165, 1.54) is 10.6 Å². The van der Waals surface area contributed by atoms with Gasteiger partial charge in [-0.15, -0.1) is 24.0 Å². The highest BCUT2D eigenvalue weighted by atomic mass is 127. The van der Waals surface area contributed by atoms with E-state index in [2.05, 4.69) is 29.2 Å². The summed E-state index contributed by atoms with van der Waals surface area (Å²) in [5, 5.41) is 7.03. The number of aromatic nitrogens is 1. The van der Waals surface area contributed by atoms with Crippen LogP contribution in [0.1, 0.15) is 39.8 Å². The van der Waals surface area contributed by atoms with Crippen molar-refractivity contribution in [2.24, 2.45) is 10.9 Å². The maximum Gasteiger partial charge on any atom is 0.220 e. The first-order valence-corrected chi connectivity index (χ1v) is 12.0. The Labute approximate surface area is 197 Å². The second-order valence-electron chi connectivity index (χ2n) is 7.40. The summed E-state index contributed by atoms with van der Waals surface area (Å²) in [5.74, 6) is 1.15. The first-order valence-electron chi connectivity index (χ1n) is 10.4. The minimum atomic E-state index is -3.40. The number of hydrogen-bond donors (Lipinski definition) is 1. The van der Waals surface area contributed by atoms with Crippen molar-refractivity contribution in [1.82, 2.24) is 19.7 Å². The van der Waals surface area contributed by atoms with Crippen LogP contribution in [0.5, 0.6) is 0 Å². The highest BCUT2D eigenvalue weighted by Gasteiger charge is 2.29. The molecule has 1 aliphatic rings. The molecule has 0 amide bonds. The first-order chi connectivity index (χ1) is 13.9. The van der Waals surface area contributed by atoms with Gasteiger partial charge in [0.25, 0.3) is 0 Å². The number of nitrogens with one attached hydrogen (secondary N) is 1. The monoisotopic (exact) mass is 557 g/mol. The second kappa shape index (κ2) is 13.5. The highest BCUT2D eigenvalue weighted by molar-refractivity contribution is 14.0. The van der Waals surface area contributed by atoms with E-state index in [9.17, 15) is 8.42 Å². The van der Waals surface area contributed by atoms with Crippen LogP contribution >= 0.6 is 24.0 Å². The summed E-state index contributed by atoms with van der Waals surface area (Å²) < 4.78 is 37.2. The number of hydrogen-bond acceptors (Lipinski definition) is 6. The van der Waals surface area contributed by atoms with Gasteiger partial charge in [0.2, 0.25) is 10.0 Å². The molecule has 1 aromatic heterocycles. The Morgan fingerprint density at radius 2 is 2.00 bits per heavy atom. The lowest BCUT2D eigenvalue weighted by atomic mass is 10.0. The van der Waals surface area contributed by atoms with Crippen LogP contribution < -0.4 is 5.32 Å². The molecule has 0 radical (unpaired) electrons. The Morgan fingerprint density at radius 3 is 2.53 bits per heavy atom. The summed E-state index contributed by atoms with van der Waals surface area (Å²) in [7, 11) is -3.40. The smallest absolute Gasteiger partial charge is 0.220 e. The van der Waals surface area contributed by atoms with Crippen LogP contribution in [-0.2, 0) is 20.5 Å². The van der Waals surface area contributed by atoms with Crippen LogP contribution in [0.25, 0.3) is 0 Å². The zero-order chi connectivity index (χ0) is 21.3. The molecular weight excluding hydrogens is 521 g/mol. The number of ether oxygens (including phenoxy) is 1. The van der Waals surface area contributed by atoms with E-state index < -0.39 is 10.0 Å². The van der Waals surface area contributed by atoms with Crippen LogP contribution in [0, 0.1) is 5.92 Å². The standard InChI is InChI=1S/C19H35N5O4S.HI/c1-5-20-19(21-9-7-18(16(3)4)27-6-2)23-10-12-24(13-11-23)29(25,26)15-17-8-14-28-22-17;/h8,14,16,18H,5-7,9-13,15H2,1-4H3,(H,20,21);1H. The van der Waals surface area contributed by atoms with Crippen molar-refractivity contribution in [3.05, 3.63) is 18.0 Å². The molecule has 2 heterocycles. The zero-order valence-electron chi connectivity index (χ0n) is 18.4. The van der Waals surface area contributed by atoms with Crippen molar-refractivity contribution >= 4 is 40.0 Å². The normalized spacial score (nSPS) is 17.1. The average Bonchev–Trinajstić information content (AvgIpc) is 3.19. The molecule has 0 bridgehead atoms. The van der Waals surface area contributed by atoms with Crippen molar-refractivity contribution < 1.29 is 17.7 Å². The molecule has 174 valence electrons. The number of aliphatic imine (C=N–C) groups is 1. The van der Waals surface area contributed by atoms with Gasteiger partial charge in [-0.2, -0.15) is 4.31 Å². The summed E-state index contributed by atoms with van der Waals surface area (Å²) in [4.78, 5) is 6.87. The molecule has 11 heteroatoms. The molecule has 1 N–H and O–H groups in total. The van der Waals surface area contributed by atoms with Gasteiger partial charge in [-0.1, -0.05) is 19.0 Å². The van der Waals surface area contributed by atoms with Crippen molar-refractivity contribution in [2.45, 2.75) is 46.0 Å². The number of guanidine groups is 1. The van der Waals surface area contributed by atoms with Crippen molar-refractivity contribution in [2.75, 3.05) is 45.9 Å². The molecule has 1 saturated heterocycles. The Kier molecular flexibility index (Phi) is 12.2. The molecule has 1 aromatic rings. The maximum absolute atomic E-state index is 12.6. The molecule has 1 atom stereocenters. The number of halogens is 1. The fraction of sp³-hybridized carbons (Fsp3) is 0.789. The molecule has 0 aliphatic carbocycles. The summed E-state index contributed by atoms with van der Waals surface area (Å²) in [6, 6.07) is 1.58. The van der Waals surface area contributed by atoms with Gasteiger partial charge < -0.3 is 19.5 Å². The van der Waals surface area contributed by atoms with Crippen LogP contribution in [0.2, 0.25) is 0 Å². The first kappa shape index (κ1) is 27.1. The quantitative estimate of drug-likeness (QED) is 0.267. The van der Waals surface area contributed by atoms with Gasteiger partial charge in [-0.05, 0) is 26.2 Å². The number of sulfonamides is 1. The Hall–Kier alpha value is -0.920. The molecule has 0 saturated carbocycles. The van der Waals surface area contributed by atoms with Gasteiger partial charge in [-0.25, -0.2) is 8.42 Å². The summed E-state index contributed by atoms with van der Waals surface area (Å²) in [6.07, 6.45) is 2.45. The van der Waals surface area contributed by atoms with E-state index in [0.717, 1.165) is 18.9 Å². The van der Waals surface area contributed by atoms with Crippen LogP contribution in [0.15, 0.2) is 21.8 Å². The van der Waals surface area contributed by atoms with Gasteiger partial charge >= 0.3 is 0 Å². The van der Waals surface area contributed by atoms with Crippen LogP contribution in [0.3, 0.4) is 0 Å². The zero-order valence-corrected chi connectivity index (χ0v) is 21.6. The minimum Gasteiger partial charge on any atom is -0.378 e. The molecule has 1 fully saturated rings. The van der Waals surface area contributed by atoms with Crippen molar-refractivity contribution in [3.8, 4) is 0 Å². The SMILES string of the molecule is CCNC(=NCCC(OCC)C(C)C)N1CCN(S(=O)(=O)Cc2ccon2)CC1.I. The molecular formula is C19H36IN5O4S. The summed E-state index contributed by atoms with van der Waals surface area (Å²) in [6.45, 7) is 12.6. The molecule has 1 aliphatic heterocycles.